The second-order valence-corrected chi connectivity index (χ2v) is 3.30. The van der Waals surface area contributed by atoms with Gasteiger partial charge in [-0.25, -0.2) is 0 Å². The average molecular weight is 183 g/mol. The van der Waals surface area contributed by atoms with Gasteiger partial charge < -0.3 is 5.73 Å². The SMILES string of the molecule is CCC(C(N)=S)n1cc(C)cn1. The first-order valence-electron chi connectivity index (χ1n) is 3.95. The van der Waals surface area contributed by atoms with Gasteiger partial charge in [0.15, 0.2) is 0 Å². The van der Waals surface area contributed by atoms with Gasteiger partial charge in [0, 0.05) is 6.20 Å². The number of nitrogens with zero attached hydrogens (tertiary/aromatic N) is 2. The van der Waals surface area contributed by atoms with E-state index >= 15 is 0 Å². The largest absolute Gasteiger partial charge is 0.392 e. The van der Waals surface area contributed by atoms with Crippen LogP contribution in [0.25, 0.3) is 0 Å². The van der Waals surface area contributed by atoms with Gasteiger partial charge in [-0.3, -0.25) is 4.68 Å². The maximum absolute atomic E-state index is 5.56. The van der Waals surface area contributed by atoms with Gasteiger partial charge in [0.05, 0.1) is 11.2 Å². The molecule has 3 nitrogen and oxygen atoms in total. The number of aryl methyl sites for hydroxylation is 1. The minimum atomic E-state index is 0.0636. The fourth-order valence-electron chi connectivity index (χ4n) is 1.12. The van der Waals surface area contributed by atoms with E-state index in [2.05, 4.69) is 5.10 Å². The zero-order valence-electron chi connectivity index (χ0n) is 7.32. The zero-order valence-corrected chi connectivity index (χ0v) is 8.14. The highest BCUT2D eigenvalue weighted by Gasteiger charge is 2.11. The summed E-state index contributed by atoms with van der Waals surface area (Å²) in [4.78, 5) is 0.501. The fourth-order valence-corrected chi connectivity index (χ4v) is 1.40. The Morgan fingerprint density at radius 1 is 1.83 bits per heavy atom. The number of nitrogens with two attached hydrogens (primary N) is 1. The predicted octanol–water partition coefficient (Wildman–Crippen LogP) is 1.43. The topological polar surface area (TPSA) is 43.8 Å². The molecule has 0 aliphatic heterocycles. The Labute approximate surface area is 77.6 Å². The molecule has 4 heteroatoms. The molecule has 0 saturated heterocycles. The minimum Gasteiger partial charge on any atom is -0.392 e. The maximum Gasteiger partial charge on any atom is 0.101 e. The average Bonchev–Trinajstić information content (AvgIpc) is 2.37. The molecule has 0 aromatic carbocycles. The third-order valence-electron chi connectivity index (χ3n) is 1.77. The summed E-state index contributed by atoms with van der Waals surface area (Å²) in [7, 11) is 0. The van der Waals surface area contributed by atoms with Crippen LogP contribution in [-0.2, 0) is 0 Å². The van der Waals surface area contributed by atoms with E-state index in [9.17, 15) is 0 Å². The van der Waals surface area contributed by atoms with Gasteiger partial charge in [0.1, 0.15) is 6.04 Å². The molecular weight excluding hydrogens is 170 g/mol. The lowest BCUT2D eigenvalue weighted by molar-refractivity contribution is 0.553. The molecule has 0 aliphatic carbocycles. The van der Waals surface area contributed by atoms with E-state index in [1.165, 1.54) is 0 Å². The summed E-state index contributed by atoms with van der Waals surface area (Å²) < 4.78 is 1.82. The van der Waals surface area contributed by atoms with Crippen molar-refractivity contribution in [3.63, 3.8) is 0 Å². The monoisotopic (exact) mass is 183 g/mol. The van der Waals surface area contributed by atoms with Crippen molar-refractivity contribution >= 4 is 17.2 Å². The Bertz CT molecular complexity index is 280. The lowest BCUT2D eigenvalue weighted by Crippen LogP contribution is -2.24. The highest BCUT2D eigenvalue weighted by Crippen LogP contribution is 2.10. The molecule has 2 N–H and O–H groups in total. The summed E-state index contributed by atoms with van der Waals surface area (Å²) in [6.07, 6.45) is 4.64. The highest BCUT2D eigenvalue weighted by atomic mass is 32.1. The first-order valence-corrected chi connectivity index (χ1v) is 4.36. The minimum absolute atomic E-state index is 0.0636. The molecule has 1 heterocycles. The van der Waals surface area contributed by atoms with E-state index in [0.717, 1.165) is 12.0 Å². The molecule has 0 fully saturated rings. The predicted molar refractivity (Wildman–Crippen MR) is 53.1 cm³/mol. The number of aromatic nitrogens is 2. The highest BCUT2D eigenvalue weighted by molar-refractivity contribution is 7.80. The van der Waals surface area contributed by atoms with E-state index in [-0.39, 0.29) is 6.04 Å². The van der Waals surface area contributed by atoms with Gasteiger partial charge in [0.25, 0.3) is 0 Å². The van der Waals surface area contributed by atoms with Gasteiger partial charge in [-0.1, -0.05) is 19.1 Å². The van der Waals surface area contributed by atoms with E-state index < -0.39 is 0 Å². The van der Waals surface area contributed by atoms with Crippen molar-refractivity contribution in [2.45, 2.75) is 26.3 Å². The third kappa shape index (κ3) is 1.82. The van der Waals surface area contributed by atoms with Gasteiger partial charge in [-0.15, -0.1) is 0 Å². The van der Waals surface area contributed by atoms with Gasteiger partial charge in [-0.2, -0.15) is 5.10 Å². The third-order valence-corrected chi connectivity index (χ3v) is 2.04. The Morgan fingerprint density at radius 3 is 2.83 bits per heavy atom. The lowest BCUT2D eigenvalue weighted by Gasteiger charge is -2.12. The van der Waals surface area contributed by atoms with Crippen molar-refractivity contribution in [1.29, 1.82) is 0 Å². The van der Waals surface area contributed by atoms with Crippen LogP contribution >= 0.6 is 12.2 Å². The van der Waals surface area contributed by atoms with Crippen LogP contribution in [0.3, 0.4) is 0 Å². The van der Waals surface area contributed by atoms with Crippen molar-refractivity contribution in [3.8, 4) is 0 Å². The Hall–Kier alpha value is -0.900. The molecule has 1 rings (SSSR count). The van der Waals surface area contributed by atoms with E-state index in [1.54, 1.807) is 6.20 Å². The molecule has 12 heavy (non-hydrogen) atoms. The molecule has 1 unspecified atom stereocenters. The first-order chi connectivity index (χ1) is 5.65. The van der Waals surface area contributed by atoms with Crippen LogP contribution < -0.4 is 5.73 Å². The fraction of sp³-hybridized carbons (Fsp3) is 0.500. The van der Waals surface area contributed by atoms with Crippen LogP contribution in [0.1, 0.15) is 24.9 Å². The Morgan fingerprint density at radius 2 is 2.50 bits per heavy atom. The van der Waals surface area contributed by atoms with Crippen LogP contribution in [0.2, 0.25) is 0 Å². The van der Waals surface area contributed by atoms with E-state index in [0.29, 0.717) is 4.99 Å². The molecule has 1 atom stereocenters. The molecule has 0 radical (unpaired) electrons. The van der Waals surface area contributed by atoms with E-state index in [4.69, 9.17) is 18.0 Å². The van der Waals surface area contributed by atoms with Crippen molar-refractivity contribution in [2.24, 2.45) is 5.73 Å². The summed E-state index contributed by atoms with van der Waals surface area (Å²) >= 11 is 4.92. The summed E-state index contributed by atoms with van der Waals surface area (Å²) in [5.74, 6) is 0. The molecule has 0 aliphatic rings. The second kappa shape index (κ2) is 3.67. The Balaban J connectivity index is 2.87. The summed E-state index contributed by atoms with van der Waals surface area (Å²) in [6, 6.07) is 0.0636. The number of rotatable bonds is 3. The lowest BCUT2D eigenvalue weighted by atomic mass is 10.2. The molecule has 0 saturated carbocycles. The summed E-state index contributed by atoms with van der Waals surface area (Å²) in [5, 5.41) is 4.16. The normalized spacial score (nSPS) is 12.8. The smallest absolute Gasteiger partial charge is 0.101 e. The number of thiocarbonyl (C=S) groups is 1. The van der Waals surface area contributed by atoms with Crippen LogP contribution in [0.15, 0.2) is 12.4 Å². The van der Waals surface area contributed by atoms with Crippen molar-refractivity contribution in [2.75, 3.05) is 0 Å². The van der Waals surface area contributed by atoms with Crippen LogP contribution in [0.4, 0.5) is 0 Å². The van der Waals surface area contributed by atoms with Crippen molar-refractivity contribution < 1.29 is 0 Å². The standard InChI is InChI=1S/C8H13N3S/c1-3-7(8(9)12)11-5-6(2)4-10-11/h4-5,7H,3H2,1-2H3,(H2,9,12). The molecule has 66 valence electrons. The van der Waals surface area contributed by atoms with E-state index in [1.807, 2.05) is 24.7 Å². The van der Waals surface area contributed by atoms with Crippen molar-refractivity contribution in [1.82, 2.24) is 9.78 Å². The van der Waals surface area contributed by atoms with Crippen molar-refractivity contribution in [3.05, 3.63) is 18.0 Å². The van der Waals surface area contributed by atoms with Gasteiger partial charge in [0.2, 0.25) is 0 Å². The maximum atomic E-state index is 5.56. The van der Waals surface area contributed by atoms with Crippen LogP contribution in [0, 0.1) is 6.92 Å². The molecule has 1 aromatic heterocycles. The number of hydrogen-bond donors (Lipinski definition) is 1. The quantitative estimate of drug-likeness (QED) is 0.721. The molecule has 1 aromatic rings. The molecule has 0 spiro atoms. The summed E-state index contributed by atoms with van der Waals surface area (Å²) in [5.41, 5.74) is 6.69. The number of hydrogen-bond acceptors (Lipinski definition) is 2. The molecule has 0 amide bonds. The van der Waals surface area contributed by atoms with Gasteiger partial charge in [-0.05, 0) is 18.9 Å². The second-order valence-electron chi connectivity index (χ2n) is 2.82. The van der Waals surface area contributed by atoms with Crippen LogP contribution in [-0.4, -0.2) is 14.8 Å². The summed E-state index contributed by atoms with van der Waals surface area (Å²) in [6.45, 7) is 4.04. The zero-order chi connectivity index (χ0) is 9.14. The Kier molecular flexibility index (Phi) is 2.81. The molecular formula is C8H13N3S. The van der Waals surface area contributed by atoms with Gasteiger partial charge >= 0.3 is 0 Å². The first kappa shape index (κ1) is 9.19. The molecule has 0 bridgehead atoms. The van der Waals surface area contributed by atoms with Crippen LogP contribution in [0.5, 0.6) is 0 Å².